The summed E-state index contributed by atoms with van der Waals surface area (Å²) in [7, 11) is 0. The molecular weight excluding hydrogens is 110 g/mol. The van der Waals surface area contributed by atoms with Gasteiger partial charge in [-0.05, 0) is 45.8 Å². The monoisotopic (exact) mass is 125 g/mol. The second kappa shape index (κ2) is 3.89. The van der Waals surface area contributed by atoms with Gasteiger partial charge in [0.1, 0.15) is 0 Å². The lowest BCUT2D eigenvalue weighted by Gasteiger charge is -2.25. The van der Waals surface area contributed by atoms with Crippen LogP contribution >= 0.6 is 0 Å². The third-order valence-electron chi connectivity index (χ3n) is 1.89. The molecule has 2 radical (unpaired) electrons. The maximum atomic E-state index is 5.42. The fourth-order valence-electron chi connectivity index (χ4n) is 1.37. The molecule has 0 unspecified atom stereocenters. The van der Waals surface area contributed by atoms with Gasteiger partial charge in [-0.25, -0.2) is 0 Å². The van der Waals surface area contributed by atoms with E-state index in [1.54, 1.807) is 0 Å². The van der Waals surface area contributed by atoms with Crippen molar-refractivity contribution in [2.75, 3.05) is 19.6 Å². The number of likely N-dealkylation sites (tertiary alicyclic amines) is 1. The van der Waals surface area contributed by atoms with E-state index in [4.69, 9.17) is 6.92 Å². The average molecular weight is 125 g/mol. The molecule has 1 rings (SSSR count). The van der Waals surface area contributed by atoms with Crippen LogP contribution in [0.2, 0.25) is 0 Å². The molecule has 0 N–H and O–H groups in total. The van der Waals surface area contributed by atoms with Crippen LogP contribution in [0.15, 0.2) is 0 Å². The average Bonchev–Trinajstić information content (AvgIpc) is 1.91. The predicted octanol–water partition coefficient (Wildman–Crippen LogP) is 1.57. The summed E-state index contributed by atoms with van der Waals surface area (Å²) < 4.78 is 0. The highest BCUT2D eigenvalue weighted by atomic mass is 15.1. The largest absolute Gasteiger partial charge is 0.303 e. The fraction of sp³-hybridized carbons (Fsp3) is 0.875. The van der Waals surface area contributed by atoms with Crippen molar-refractivity contribution >= 4 is 0 Å². The molecule has 52 valence electrons. The van der Waals surface area contributed by atoms with E-state index in [-0.39, 0.29) is 0 Å². The van der Waals surface area contributed by atoms with Crippen molar-refractivity contribution in [2.45, 2.75) is 25.7 Å². The van der Waals surface area contributed by atoms with Crippen LogP contribution in [-0.2, 0) is 0 Å². The molecule has 0 aliphatic carbocycles. The van der Waals surface area contributed by atoms with E-state index in [9.17, 15) is 0 Å². The number of piperidine rings is 1. The number of hydrogen-bond donors (Lipinski definition) is 0. The standard InChI is InChI=1S/C8H15N/c1-2-6-9-7-4-3-5-8-9/h1H,2-8H2. The van der Waals surface area contributed by atoms with E-state index < -0.39 is 0 Å². The minimum atomic E-state index is 0.819. The number of rotatable bonds is 2. The van der Waals surface area contributed by atoms with Crippen LogP contribution in [0, 0.1) is 6.92 Å². The van der Waals surface area contributed by atoms with Crippen LogP contribution in [0.4, 0.5) is 0 Å². The van der Waals surface area contributed by atoms with E-state index in [0.717, 1.165) is 13.0 Å². The summed E-state index contributed by atoms with van der Waals surface area (Å²) in [6.45, 7) is 9.06. The highest BCUT2D eigenvalue weighted by Crippen LogP contribution is 2.07. The van der Waals surface area contributed by atoms with Gasteiger partial charge in [0.2, 0.25) is 0 Å². The Morgan fingerprint density at radius 3 is 2.33 bits per heavy atom. The zero-order chi connectivity index (χ0) is 6.53. The van der Waals surface area contributed by atoms with Gasteiger partial charge >= 0.3 is 0 Å². The topological polar surface area (TPSA) is 3.24 Å². The van der Waals surface area contributed by atoms with E-state index in [0.29, 0.717) is 0 Å². The first kappa shape index (κ1) is 7.07. The quantitative estimate of drug-likeness (QED) is 0.541. The molecule has 1 heteroatoms. The molecule has 0 aromatic rings. The van der Waals surface area contributed by atoms with Gasteiger partial charge in [0.15, 0.2) is 0 Å². The Hall–Kier alpha value is -0.0400. The van der Waals surface area contributed by atoms with Crippen molar-refractivity contribution in [3.8, 4) is 0 Å². The normalized spacial score (nSPS) is 22.3. The van der Waals surface area contributed by atoms with E-state index in [1.807, 2.05) is 0 Å². The third-order valence-corrected chi connectivity index (χ3v) is 1.89. The SMILES string of the molecule is [CH]CCN1CCCCC1. The zero-order valence-corrected chi connectivity index (χ0v) is 5.97. The molecule has 0 bridgehead atoms. The van der Waals surface area contributed by atoms with Crippen molar-refractivity contribution in [2.24, 2.45) is 0 Å². The highest BCUT2D eigenvalue weighted by Gasteiger charge is 2.07. The molecule has 0 atom stereocenters. The van der Waals surface area contributed by atoms with Crippen LogP contribution in [-0.4, -0.2) is 24.5 Å². The lowest BCUT2D eigenvalue weighted by Crippen LogP contribution is -2.30. The zero-order valence-electron chi connectivity index (χ0n) is 5.97. The molecule has 1 fully saturated rings. The minimum absolute atomic E-state index is 0.819. The lowest BCUT2D eigenvalue weighted by atomic mass is 10.1. The van der Waals surface area contributed by atoms with Crippen LogP contribution < -0.4 is 0 Å². The van der Waals surface area contributed by atoms with E-state index in [1.165, 1.54) is 32.4 Å². The molecule has 0 amide bonds. The molecule has 0 aromatic carbocycles. The van der Waals surface area contributed by atoms with Crippen LogP contribution in [0.5, 0.6) is 0 Å². The van der Waals surface area contributed by atoms with Crippen LogP contribution in [0.1, 0.15) is 25.7 Å². The Morgan fingerprint density at radius 2 is 1.78 bits per heavy atom. The molecule has 1 nitrogen and oxygen atoms in total. The first-order valence-electron chi connectivity index (χ1n) is 3.86. The summed E-state index contributed by atoms with van der Waals surface area (Å²) in [6.07, 6.45) is 4.99. The molecule has 9 heavy (non-hydrogen) atoms. The summed E-state index contributed by atoms with van der Waals surface area (Å²) in [6, 6.07) is 0. The molecule has 1 heterocycles. The maximum absolute atomic E-state index is 5.42. The van der Waals surface area contributed by atoms with Gasteiger partial charge in [-0.15, -0.1) is 0 Å². The molecule has 1 aliphatic rings. The third kappa shape index (κ3) is 2.35. The van der Waals surface area contributed by atoms with E-state index >= 15 is 0 Å². The molecule has 1 aliphatic heterocycles. The van der Waals surface area contributed by atoms with Crippen molar-refractivity contribution in [3.05, 3.63) is 6.92 Å². The second-order valence-corrected chi connectivity index (χ2v) is 2.69. The Balaban J connectivity index is 2.08. The van der Waals surface area contributed by atoms with Gasteiger partial charge in [-0.1, -0.05) is 6.42 Å². The molecular formula is C8H15N. The summed E-state index contributed by atoms with van der Waals surface area (Å²) in [5, 5.41) is 0. The van der Waals surface area contributed by atoms with Gasteiger partial charge < -0.3 is 4.90 Å². The first-order chi connectivity index (χ1) is 4.43. The second-order valence-electron chi connectivity index (χ2n) is 2.69. The summed E-state index contributed by atoms with van der Waals surface area (Å²) >= 11 is 0. The summed E-state index contributed by atoms with van der Waals surface area (Å²) in [5.41, 5.74) is 0. The van der Waals surface area contributed by atoms with Gasteiger partial charge in [-0.2, -0.15) is 0 Å². The van der Waals surface area contributed by atoms with Crippen molar-refractivity contribution in [1.82, 2.24) is 4.90 Å². The summed E-state index contributed by atoms with van der Waals surface area (Å²) in [4.78, 5) is 2.45. The van der Waals surface area contributed by atoms with E-state index in [2.05, 4.69) is 4.90 Å². The molecule has 0 spiro atoms. The Labute approximate surface area is 58.0 Å². The maximum Gasteiger partial charge on any atom is -0.00159 e. The van der Waals surface area contributed by atoms with Gasteiger partial charge in [0.05, 0.1) is 0 Å². The highest BCUT2D eigenvalue weighted by molar-refractivity contribution is 4.64. The number of hydrogen-bond acceptors (Lipinski definition) is 1. The van der Waals surface area contributed by atoms with Crippen molar-refractivity contribution < 1.29 is 0 Å². The van der Waals surface area contributed by atoms with Crippen LogP contribution in [0.25, 0.3) is 0 Å². The Morgan fingerprint density at radius 1 is 1.11 bits per heavy atom. The lowest BCUT2D eigenvalue weighted by molar-refractivity contribution is 0.232. The van der Waals surface area contributed by atoms with Gasteiger partial charge in [-0.3, -0.25) is 0 Å². The number of nitrogens with zero attached hydrogens (tertiary/aromatic N) is 1. The van der Waals surface area contributed by atoms with Crippen LogP contribution in [0.3, 0.4) is 0 Å². The fourth-order valence-corrected chi connectivity index (χ4v) is 1.37. The molecule has 1 saturated heterocycles. The summed E-state index contributed by atoms with van der Waals surface area (Å²) in [5.74, 6) is 0. The van der Waals surface area contributed by atoms with Gasteiger partial charge in [0, 0.05) is 0 Å². The van der Waals surface area contributed by atoms with Crippen molar-refractivity contribution in [1.29, 1.82) is 0 Å². The minimum Gasteiger partial charge on any atom is -0.303 e. The molecule has 0 saturated carbocycles. The Kier molecular flexibility index (Phi) is 3.05. The first-order valence-corrected chi connectivity index (χ1v) is 3.86. The molecule has 0 aromatic heterocycles. The van der Waals surface area contributed by atoms with Crippen molar-refractivity contribution in [3.63, 3.8) is 0 Å². The smallest absolute Gasteiger partial charge is 0.00159 e. The Bertz CT molecular complexity index is 62.2. The predicted molar refractivity (Wildman–Crippen MR) is 39.2 cm³/mol. The van der Waals surface area contributed by atoms with Gasteiger partial charge in [0.25, 0.3) is 0 Å².